The number of rotatable bonds is 5. The molecule has 0 radical (unpaired) electrons. The van der Waals surface area contributed by atoms with Crippen molar-refractivity contribution in [2.45, 2.75) is 19.9 Å². The molecule has 0 saturated carbocycles. The van der Waals surface area contributed by atoms with Crippen LogP contribution in [-0.4, -0.2) is 30.4 Å². The van der Waals surface area contributed by atoms with E-state index in [-0.39, 0.29) is 0 Å². The van der Waals surface area contributed by atoms with Crippen molar-refractivity contribution < 1.29 is 9.47 Å². The van der Waals surface area contributed by atoms with Gasteiger partial charge in [-0.05, 0) is 19.4 Å². The van der Waals surface area contributed by atoms with Crippen LogP contribution in [0.5, 0.6) is 5.75 Å². The highest BCUT2D eigenvalue weighted by Gasteiger charge is 2.10. The van der Waals surface area contributed by atoms with Gasteiger partial charge in [0.2, 0.25) is 0 Å². The zero-order valence-corrected chi connectivity index (χ0v) is 11.1. The molecular formula is C13H19N3O2. The van der Waals surface area contributed by atoms with E-state index >= 15 is 0 Å². The van der Waals surface area contributed by atoms with Crippen LogP contribution in [0.2, 0.25) is 0 Å². The van der Waals surface area contributed by atoms with Gasteiger partial charge in [0.15, 0.2) is 0 Å². The first-order valence-electron chi connectivity index (χ1n) is 5.96. The van der Waals surface area contributed by atoms with Crippen LogP contribution in [0.1, 0.15) is 12.2 Å². The van der Waals surface area contributed by atoms with E-state index in [1.807, 2.05) is 19.1 Å². The lowest BCUT2D eigenvalue weighted by Crippen LogP contribution is -2.03. The van der Waals surface area contributed by atoms with Crippen molar-refractivity contribution in [1.29, 1.82) is 0 Å². The number of benzene rings is 1. The van der Waals surface area contributed by atoms with Gasteiger partial charge in [-0.2, -0.15) is 0 Å². The maximum Gasteiger partial charge on any atom is 0.144 e. The van der Waals surface area contributed by atoms with Crippen molar-refractivity contribution >= 4 is 16.7 Å². The molecule has 0 bridgehead atoms. The van der Waals surface area contributed by atoms with E-state index in [1.54, 1.807) is 14.2 Å². The van der Waals surface area contributed by atoms with E-state index in [1.165, 1.54) is 0 Å². The summed E-state index contributed by atoms with van der Waals surface area (Å²) >= 11 is 0. The third-order valence-corrected chi connectivity index (χ3v) is 3.02. The highest BCUT2D eigenvalue weighted by molar-refractivity contribution is 5.83. The number of aromatic nitrogens is 2. The van der Waals surface area contributed by atoms with Gasteiger partial charge < -0.3 is 19.8 Å². The van der Waals surface area contributed by atoms with Crippen LogP contribution in [0.25, 0.3) is 11.0 Å². The standard InChI is InChI=1S/C13H19N3O2/c1-9-15-11-8-13(18-3)10(14)7-12(11)16(9)5-4-6-17-2/h7-8H,4-6,14H2,1-3H3. The van der Waals surface area contributed by atoms with Crippen LogP contribution in [0.15, 0.2) is 12.1 Å². The maximum atomic E-state index is 5.94. The minimum absolute atomic E-state index is 0.637. The number of anilines is 1. The van der Waals surface area contributed by atoms with Crippen molar-refractivity contribution in [3.63, 3.8) is 0 Å². The minimum Gasteiger partial charge on any atom is -0.495 e. The zero-order valence-electron chi connectivity index (χ0n) is 11.1. The van der Waals surface area contributed by atoms with E-state index in [4.69, 9.17) is 15.2 Å². The second kappa shape index (κ2) is 5.27. The van der Waals surface area contributed by atoms with Crippen molar-refractivity contribution in [2.24, 2.45) is 0 Å². The van der Waals surface area contributed by atoms with Crippen molar-refractivity contribution in [3.05, 3.63) is 18.0 Å². The molecule has 0 fully saturated rings. The Labute approximate surface area is 107 Å². The lowest BCUT2D eigenvalue weighted by Gasteiger charge is -2.08. The largest absolute Gasteiger partial charge is 0.495 e. The predicted molar refractivity (Wildman–Crippen MR) is 71.9 cm³/mol. The summed E-state index contributed by atoms with van der Waals surface area (Å²) < 4.78 is 12.4. The molecule has 18 heavy (non-hydrogen) atoms. The van der Waals surface area contributed by atoms with Gasteiger partial charge in [-0.15, -0.1) is 0 Å². The third-order valence-electron chi connectivity index (χ3n) is 3.02. The molecule has 2 N–H and O–H groups in total. The molecule has 1 heterocycles. The van der Waals surface area contributed by atoms with E-state index in [2.05, 4.69) is 9.55 Å². The summed E-state index contributed by atoms with van der Waals surface area (Å²) in [6, 6.07) is 3.80. The minimum atomic E-state index is 0.637. The monoisotopic (exact) mass is 249 g/mol. The van der Waals surface area contributed by atoms with Crippen molar-refractivity contribution in [3.8, 4) is 5.75 Å². The van der Waals surface area contributed by atoms with Crippen LogP contribution in [-0.2, 0) is 11.3 Å². The normalized spacial score (nSPS) is 11.1. The fourth-order valence-electron chi connectivity index (χ4n) is 2.11. The Morgan fingerprint density at radius 2 is 2.11 bits per heavy atom. The van der Waals surface area contributed by atoms with Gasteiger partial charge >= 0.3 is 0 Å². The number of fused-ring (bicyclic) bond motifs is 1. The summed E-state index contributed by atoms with van der Waals surface area (Å²) in [5.74, 6) is 1.65. The second-order valence-corrected chi connectivity index (χ2v) is 4.24. The van der Waals surface area contributed by atoms with Gasteiger partial charge in [-0.1, -0.05) is 0 Å². The van der Waals surface area contributed by atoms with Crippen LogP contribution in [0, 0.1) is 6.92 Å². The van der Waals surface area contributed by atoms with Gasteiger partial charge in [-0.3, -0.25) is 0 Å². The fourth-order valence-corrected chi connectivity index (χ4v) is 2.11. The number of aryl methyl sites for hydroxylation is 2. The SMILES string of the molecule is COCCCn1c(C)nc2cc(OC)c(N)cc21. The summed E-state index contributed by atoms with van der Waals surface area (Å²) in [5.41, 5.74) is 8.53. The van der Waals surface area contributed by atoms with Gasteiger partial charge in [-0.25, -0.2) is 4.98 Å². The molecule has 0 saturated heterocycles. The Morgan fingerprint density at radius 3 is 2.78 bits per heavy atom. The number of nitrogen functional groups attached to an aromatic ring is 1. The predicted octanol–water partition coefficient (Wildman–Crippen LogP) is 1.97. The Bertz CT molecular complexity index is 549. The fraction of sp³-hybridized carbons (Fsp3) is 0.462. The Kier molecular flexibility index (Phi) is 3.72. The van der Waals surface area contributed by atoms with Gasteiger partial charge in [0.25, 0.3) is 0 Å². The molecule has 0 aliphatic rings. The lowest BCUT2D eigenvalue weighted by molar-refractivity contribution is 0.190. The van der Waals surface area contributed by atoms with E-state index < -0.39 is 0 Å². The molecule has 0 atom stereocenters. The molecule has 98 valence electrons. The number of hydrogen-bond acceptors (Lipinski definition) is 4. The third kappa shape index (κ3) is 2.26. The topological polar surface area (TPSA) is 62.3 Å². The van der Waals surface area contributed by atoms with E-state index in [0.29, 0.717) is 11.4 Å². The molecule has 5 heteroatoms. The van der Waals surface area contributed by atoms with Crippen LogP contribution in [0.3, 0.4) is 0 Å². The second-order valence-electron chi connectivity index (χ2n) is 4.24. The highest BCUT2D eigenvalue weighted by Crippen LogP contribution is 2.28. The summed E-state index contributed by atoms with van der Waals surface area (Å²) in [6.07, 6.45) is 0.953. The molecule has 2 aromatic rings. The van der Waals surface area contributed by atoms with Gasteiger partial charge in [0, 0.05) is 26.3 Å². The molecule has 0 spiro atoms. The molecule has 1 aromatic carbocycles. The summed E-state index contributed by atoms with van der Waals surface area (Å²) in [5, 5.41) is 0. The highest BCUT2D eigenvalue weighted by atomic mass is 16.5. The quantitative estimate of drug-likeness (QED) is 0.650. The maximum absolute atomic E-state index is 5.94. The van der Waals surface area contributed by atoms with Crippen molar-refractivity contribution in [1.82, 2.24) is 9.55 Å². The Hall–Kier alpha value is -1.75. The van der Waals surface area contributed by atoms with Crippen molar-refractivity contribution in [2.75, 3.05) is 26.6 Å². The molecule has 0 aliphatic heterocycles. The molecule has 0 unspecified atom stereocenters. The average Bonchev–Trinajstić information content (AvgIpc) is 2.65. The van der Waals surface area contributed by atoms with E-state index in [0.717, 1.165) is 36.4 Å². The first-order valence-corrected chi connectivity index (χ1v) is 5.96. The summed E-state index contributed by atoms with van der Waals surface area (Å²) in [7, 11) is 3.32. The van der Waals surface area contributed by atoms with Crippen LogP contribution >= 0.6 is 0 Å². The summed E-state index contributed by atoms with van der Waals surface area (Å²) in [4.78, 5) is 4.53. The van der Waals surface area contributed by atoms with Crippen LogP contribution in [0.4, 0.5) is 5.69 Å². The first kappa shape index (κ1) is 12.7. The number of hydrogen-bond donors (Lipinski definition) is 1. The van der Waals surface area contributed by atoms with E-state index in [9.17, 15) is 0 Å². The first-order chi connectivity index (χ1) is 8.67. The molecule has 0 aliphatic carbocycles. The smallest absolute Gasteiger partial charge is 0.144 e. The van der Waals surface area contributed by atoms with Gasteiger partial charge in [0.1, 0.15) is 11.6 Å². The average molecular weight is 249 g/mol. The molecular weight excluding hydrogens is 230 g/mol. The Balaban J connectivity index is 2.40. The number of imidazole rings is 1. The Morgan fingerprint density at radius 1 is 1.33 bits per heavy atom. The molecule has 5 nitrogen and oxygen atoms in total. The molecule has 1 aromatic heterocycles. The summed E-state index contributed by atoms with van der Waals surface area (Å²) in [6.45, 7) is 3.61. The lowest BCUT2D eigenvalue weighted by atomic mass is 10.2. The number of nitrogens with zero attached hydrogens (tertiary/aromatic N) is 2. The van der Waals surface area contributed by atoms with Crippen LogP contribution < -0.4 is 10.5 Å². The van der Waals surface area contributed by atoms with Gasteiger partial charge in [0.05, 0.1) is 23.8 Å². The molecule has 0 amide bonds. The number of nitrogens with two attached hydrogens (primary N) is 1. The number of methoxy groups -OCH3 is 2. The number of ether oxygens (including phenoxy) is 2. The molecule has 2 rings (SSSR count). The zero-order chi connectivity index (χ0) is 13.1.